The lowest BCUT2D eigenvalue weighted by Gasteiger charge is -2.18. The first-order valence-electron chi connectivity index (χ1n) is 8.38. The first-order chi connectivity index (χ1) is 11.5. The summed E-state index contributed by atoms with van der Waals surface area (Å²) in [6, 6.07) is 5.39. The molecule has 0 saturated carbocycles. The number of ether oxygens (including phenoxy) is 1. The normalized spacial score (nSPS) is 10.3. The number of nitrogens with one attached hydrogen (secondary N) is 2. The van der Waals surface area contributed by atoms with Crippen molar-refractivity contribution in [2.75, 3.05) is 44.6 Å². The van der Waals surface area contributed by atoms with E-state index < -0.39 is 0 Å². The fraction of sp³-hybridized carbons (Fsp3) is 0.556. The molecule has 0 aliphatic rings. The van der Waals surface area contributed by atoms with Crippen LogP contribution in [0.25, 0.3) is 0 Å². The third-order valence-electron chi connectivity index (χ3n) is 3.57. The summed E-state index contributed by atoms with van der Waals surface area (Å²) in [5.41, 5.74) is 2.00. The molecule has 134 valence electrons. The molecule has 0 spiro atoms. The Kier molecular flexibility index (Phi) is 8.86. The molecule has 0 aliphatic heterocycles. The molecule has 1 aromatic carbocycles. The molecule has 0 unspecified atom stereocenters. The van der Waals surface area contributed by atoms with Crippen LogP contribution in [0.5, 0.6) is 0 Å². The molecule has 1 aromatic rings. The van der Waals surface area contributed by atoms with Gasteiger partial charge in [0.05, 0.1) is 5.56 Å². The number of carbonyl (C=O) groups excluding carboxylic acids is 2. The van der Waals surface area contributed by atoms with Crippen LogP contribution in [0.1, 0.15) is 43.0 Å². The Morgan fingerprint density at radius 3 is 2.58 bits per heavy atom. The molecule has 24 heavy (non-hydrogen) atoms. The van der Waals surface area contributed by atoms with E-state index in [0.29, 0.717) is 30.8 Å². The summed E-state index contributed by atoms with van der Waals surface area (Å²) in [5, 5.41) is 5.74. The van der Waals surface area contributed by atoms with Crippen LogP contribution in [-0.4, -0.2) is 46.2 Å². The van der Waals surface area contributed by atoms with E-state index in [-0.39, 0.29) is 11.8 Å². The van der Waals surface area contributed by atoms with Gasteiger partial charge in [-0.05, 0) is 31.0 Å². The van der Waals surface area contributed by atoms with Crippen molar-refractivity contribution < 1.29 is 14.3 Å². The van der Waals surface area contributed by atoms with Crippen LogP contribution >= 0.6 is 0 Å². The van der Waals surface area contributed by atoms with Gasteiger partial charge in [0.1, 0.15) is 0 Å². The van der Waals surface area contributed by atoms with Crippen molar-refractivity contribution in [2.45, 2.75) is 32.6 Å². The highest BCUT2D eigenvalue weighted by atomic mass is 16.5. The number of rotatable bonds is 10. The van der Waals surface area contributed by atoms with Gasteiger partial charge in [0.2, 0.25) is 5.91 Å². The first-order valence-corrected chi connectivity index (χ1v) is 8.38. The Bertz CT molecular complexity index is 544. The zero-order valence-electron chi connectivity index (χ0n) is 15.1. The summed E-state index contributed by atoms with van der Waals surface area (Å²) < 4.78 is 4.98. The van der Waals surface area contributed by atoms with E-state index in [0.717, 1.165) is 24.9 Å². The van der Waals surface area contributed by atoms with E-state index in [1.807, 2.05) is 38.1 Å². The Morgan fingerprint density at radius 2 is 1.96 bits per heavy atom. The van der Waals surface area contributed by atoms with Crippen molar-refractivity contribution in [2.24, 2.45) is 0 Å². The third kappa shape index (κ3) is 6.58. The van der Waals surface area contributed by atoms with E-state index in [1.165, 1.54) is 0 Å². The standard InChI is InChI=1S/C18H29N3O3/c1-5-6-8-17(22)20-14-9-10-16(21(2)3)15(13-14)18(23)19-11-7-12-24-4/h9-10,13H,5-8,11-12H2,1-4H3,(H,19,23)(H,20,22). The number of nitrogens with zero attached hydrogens (tertiary/aromatic N) is 1. The SMILES string of the molecule is CCCCC(=O)Nc1ccc(N(C)C)c(C(=O)NCCCOC)c1. The zero-order valence-corrected chi connectivity index (χ0v) is 15.1. The maximum absolute atomic E-state index is 12.5. The predicted octanol–water partition coefficient (Wildman–Crippen LogP) is 2.65. The molecule has 1 rings (SSSR count). The number of hydrogen-bond acceptors (Lipinski definition) is 4. The van der Waals surface area contributed by atoms with Gasteiger partial charge in [0, 0.05) is 52.2 Å². The molecule has 0 saturated heterocycles. The lowest BCUT2D eigenvalue weighted by Crippen LogP contribution is -2.27. The van der Waals surface area contributed by atoms with Crippen molar-refractivity contribution in [1.29, 1.82) is 0 Å². The number of benzene rings is 1. The third-order valence-corrected chi connectivity index (χ3v) is 3.57. The van der Waals surface area contributed by atoms with Gasteiger partial charge in [-0.2, -0.15) is 0 Å². The molecule has 0 bridgehead atoms. The molecule has 6 heteroatoms. The monoisotopic (exact) mass is 335 g/mol. The van der Waals surface area contributed by atoms with E-state index in [1.54, 1.807) is 13.2 Å². The number of methoxy groups -OCH3 is 1. The Hall–Kier alpha value is -2.08. The van der Waals surface area contributed by atoms with Crippen molar-refractivity contribution in [3.63, 3.8) is 0 Å². The van der Waals surface area contributed by atoms with Gasteiger partial charge < -0.3 is 20.3 Å². The van der Waals surface area contributed by atoms with E-state index in [2.05, 4.69) is 10.6 Å². The molecular weight excluding hydrogens is 306 g/mol. The minimum Gasteiger partial charge on any atom is -0.385 e. The quantitative estimate of drug-likeness (QED) is 0.645. The van der Waals surface area contributed by atoms with Crippen LogP contribution < -0.4 is 15.5 Å². The lowest BCUT2D eigenvalue weighted by atomic mass is 10.1. The van der Waals surface area contributed by atoms with Gasteiger partial charge in [0.15, 0.2) is 0 Å². The zero-order chi connectivity index (χ0) is 17.9. The number of amides is 2. The second kappa shape index (κ2) is 10.6. The van der Waals surface area contributed by atoms with Crippen LogP contribution in [0, 0.1) is 0 Å². The van der Waals surface area contributed by atoms with Crippen LogP contribution in [0.3, 0.4) is 0 Å². The summed E-state index contributed by atoms with van der Waals surface area (Å²) in [7, 11) is 5.41. The van der Waals surface area contributed by atoms with Gasteiger partial charge in [-0.15, -0.1) is 0 Å². The average molecular weight is 335 g/mol. The highest BCUT2D eigenvalue weighted by Crippen LogP contribution is 2.23. The van der Waals surface area contributed by atoms with Crippen LogP contribution in [0.4, 0.5) is 11.4 Å². The Morgan fingerprint density at radius 1 is 1.21 bits per heavy atom. The molecule has 0 fully saturated rings. The molecule has 2 amide bonds. The van der Waals surface area contributed by atoms with Crippen LogP contribution in [0.15, 0.2) is 18.2 Å². The average Bonchev–Trinajstić information content (AvgIpc) is 2.56. The van der Waals surface area contributed by atoms with Gasteiger partial charge in [-0.25, -0.2) is 0 Å². The van der Waals surface area contributed by atoms with Gasteiger partial charge in [-0.3, -0.25) is 9.59 Å². The number of unbranched alkanes of at least 4 members (excludes halogenated alkanes) is 1. The molecule has 0 aromatic heterocycles. The topological polar surface area (TPSA) is 70.7 Å². The fourth-order valence-electron chi connectivity index (χ4n) is 2.26. The van der Waals surface area contributed by atoms with E-state index in [4.69, 9.17) is 4.74 Å². The number of anilines is 2. The second-order valence-electron chi connectivity index (χ2n) is 5.88. The molecule has 0 radical (unpaired) electrons. The minimum absolute atomic E-state index is 0.0269. The molecular formula is C18H29N3O3. The highest BCUT2D eigenvalue weighted by Gasteiger charge is 2.14. The smallest absolute Gasteiger partial charge is 0.253 e. The van der Waals surface area contributed by atoms with Gasteiger partial charge >= 0.3 is 0 Å². The first kappa shape index (κ1) is 20.0. The maximum atomic E-state index is 12.5. The van der Waals surface area contributed by atoms with Crippen LogP contribution in [-0.2, 0) is 9.53 Å². The molecule has 6 nitrogen and oxygen atoms in total. The Balaban J connectivity index is 2.84. The summed E-state index contributed by atoms with van der Waals surface area (Å²) in [6.07, 6.45) is 3.08. The number of hydrogen-bond donors (Lipinski definition) is 2. The summed E-state index contributed by atoms with van der Waals surface area (Å²) in [5.74, 6) is -0.180. The lowest BCUT2D eigenvalue weighted by molar-refractivity contribution is -0.116. The minimum atomic E-state index is -0.153. The van der Waals surface area contributed by atoms with Crippen molar-refractivity contribution in [1.82, 2.24) is 5.32 Å². The van der Waals surface area contributed by atoms with E-state index >= 15 is 0 Å². The Labute approximate surface area is 144 Å². The van der Waals surface area contributed by atoms with E-state index in [9.17, 15) is 9.59 Å². The maximum Gasteiger partial charge on any atom is 0.253 e. The molecule has 0 aliphatic carbocycles. The van der Waals surface area contributed by atoms with Crippen LogP contribution in [0.2, 0.25) is 0 Å². The highest BCUT2D eigenvalue weighted by molar-refractivity contribution is 6.02. The fourth-order valence-corrected chi connectivity index (χ4v) is 2.26. The summed E-state index contributed by atoms with van der Waals surface area (Å²) in [4.78, 5) is 26.2. The number of carbonyl (C=O) groups is 2. The van der Waals surface area contributed by atoms with Crippen molar-refractivity contribution in [3.05, 3.63) is 23.8 Å². The molecule has 0 atom stereocenters. The van der Waals surface area contributed by atoms with Gasteiger partial charge in [-0.1, -0.05) is 13.3 Å². The summed E-state index contributed by atoms with van der Waals surface area (Å²) >= 11 is 0. The summed E-state index contributed by atoms with van der Waals surface area (Å²) in [6.45, 7) is 3.20. The molecule has 2 N–H and O–H groups in total. The predicted molar refractivity (Wildman–Crippen MR) is 97.7 cm³/mol. The van der Waals surface area contributed by atoms with Gasteiger partial charge in [0.25, 0.3) is 5.91 Å². The van der Waals surface area contributed by atoms with Crippen molar-refractivity contribution >= 4 is 23.2 Å². The second-order valence-corrected chi connectivity index (χ2v) is 5.88. The van der Waals surface area contributed by atoms with Crippen molar-refractivity contribution in [3.8, 4) is 0 Å². The largest absolute Gasteiger partial charge is 0.385 e. The molecule has 0 heterocycles.